The number of esters is 1. The van der Waals surface area contributed by atoms with Crippen LogP contribution in [0.3, 0.4) is 0 Å². The van der Waals surface area contributed by atoms with E-state index >= 15 is 0 Å². The van der Waals surface area contributed by atoms with Gasteiger partial charge in [-0.1, -0.05) is 13.5 Å². The Balaban J connectivity index is 4.20. The minimum Gasteiger partial charge on any atom is -0.469 e. The van der Waals surface area contributed by atoms with Crippen LogP contribution in [-0.4, -0.2) is 37.9 Å². The molecule has 0 radical (unpaired) electrons. The fourth-order valence-corrected chi connectivity index (χ4v) is 0.930. The van der Waals surface area contributed by atoms with Crippen LogP contribution in [0.4, 0.5) is 0 Å². The second kappa shape index (κ2) is 5.42. The summed E-state index contributed by atoms with van der Waals surface area (Å²) in [4.78, 5) is 24.1. The lowest BCUT2D eigenvalue weighted by atomic mass is 10.0. The summed E-state index contributed by atoms with van der Waals surface area (Å²) in [5.41, 5.74) is 0.403. The first-order valence-electron chi connectivity index (χ1n) is 4.37. The molecule has 4 heteroatoms. The molecule has 4 nitrogen and oxygen atoms in total. The molecule has 0 unspecified atom stereocenters. The minimum atomic E-state index is -0.413. The highest BCUT2D eigenvalue weighted by Gasteiger charge is 2.19. The number of Topliss-reactive ketones (excluding diaryl/α,β-unsaturated/α-hetero) is 1. The van der Waals surface area contributed by atoms with Crippen LogP contribution in [0.5, 0.6) is 0 Å². The number of ether oxygens (including phenoxy) is 1. The van der Waals surface area contributed by atoms with Gasteiger partial charge in [-0.3, -0.25) is 9.59 Å². The van der Waals surface area contributed by atoms with E-state index in [4.69, 9.17) is 0 Å². The maximum Gasteiger partial charge on any atom is 0.308 e. The summed E-state index contributed by atoms with van der Waals surface area (Å²) in [6, 6.07) is 0. The third-order valence-corrected chi connectivity index (χ3v) is 1.96. The maximum atomic E-state index is 11.5. The molecular weight excluding hydrogens is 182 g/mol. The Hall–Kier alpha value is -1.32. The third-order valence-electron chi connectivity index (χ3n) is 1.96. The van der Waals surface area contributed by atoms with Crippen molar-refractivity contribution in [2.75, 3.05) is 21.2 Å². The van der Waals surface area contributed by atoms with Crippen LogP contribution in [0.1, 0.15) is 13.3 Å². The molecule has 0 saturated heterocycles. The van der Waals surface area contributed by atoms with Gasteiger partial charge in [0.1, 0.15) is 0 Å². The first-order valence-corrected chi connectivity index (χ1v) is 4.37. The van der Waals surface area contributed by atoms with Gasteiger partial charge in [0.25, 0.3) is 0 Å². The minimum absolute atomic E-state index is 0.132. The standard InChI is InChI=1S/C10H17NO3/c1-7(10(13)14-5)6-9(12)8(2)11(3)4/h7H,2,6H2,1,3-5H3/t7-/m0/s1. The molecule has 0 aromatic carbocycles. The maximum absolute atomic E-state index is 11.5. The molecule has 14 heavy (non-hydrogen) atoms. The van der Waals surface area contributed by atoms with Gasteiger partial charge in [0.05, 0.1) is 18.7 Å². The van der Waals surface area contributed by atoms with Gasteiger partial charge in [-0.2, -0.15) is 0 Å². The number of hydrogen-bond acceptors (Lipinski definition) is 4. The first kappa shape index (κ1) is 12.7. The Bertz CT molecular complexity index is 246. The number of ketones is 1. The van der Waals surface area contributed by atoms with Crippen molar-refractivity contribution >= 4 is 11.8 Å². The van der Waals surface area contributed by atoms with E-state index in [2.05, 4.69) is 11.3 Å². The summed E-state index contributed by atoms with van der Waals surface area (Å²) < 4.78 is 4.52. The van der Waals surface area contributed by atoms with Gasteiger partial charge >= 0.3 is 5.97 Å². The van der Waals surface area contributed by atoms with Crippen molar-refractivity contribution in [3.05, 3.63) is 12.3 Å². The average Bonchev–Trinajstić information content (AvgIpc) is 2.14. The van der Waals surface area contributed by atoms with E-state index in [1.165, 1.54) is 7.11 Å². The molecule has 0 aromatic heterocycles. The number of nitrogens with zero attached hydrogens (tertiary/aromatic N) is 1. The van der Waals surface area contributed by atoms with E-state index in [0.717, 1.165) is 0 Å². The lowest BCUT2D eigenvalue weighted by Crippen LogP contribution is -2.23. The lowest BCUT2D eigenvalue weighted by Gasteiger charge is -2.15. The molecule has 0 aliphatic heterocycles. The second-order valence-corrected chi connectivity index (χ2v) is 3.39. The first-order chi connectivity index (χ1) is 6.40. The number of hydrogen-bond donors (Lipinski definition) is 0. The normalized spacial score (nSPS) is 11.7. The van der Waals surface area contributed by atoms with Crippen LogP contribution in [0.25, 0.3) is 0 Å². The summed E-state index contributed by atoms with van der Waals surface area (Å²) in [7, 11) is 4.79. The Morgan fingerprint density at radius 3 is 2.29 bits per heavy atom. The molecule has 0 rings (SSSR count). The zero-order valence-corrected chi connectivity index (χ0v) is 9.16. The number of rotatable bonds is 5. The highest BCUT2D eigenvalue weighted by Crippen LogP contribution is 2.09. The number of carbonyl (C=O) groups is 2. The molecule has 0 spiro atoms. The van der Waals surface area contributed by atoms with Gasteiger partial charge in [-0.25, -0.2) is 0 Å². The highest BCUT2D eigenvalue weighted by molar-refractivity contribution is 5.96. The van der Waals surface area contributed by atoms with Crippen LogP contribution in [0.15, 0.2) is 12.3 Å². The fourth-order valence-electron chi connectivity index (χ4n) is 0.930. The van der Waals surface area contributed by atoms with Gasteiger partial charge in [0.2, 0.25) is 0 Å². The highest BCUT2D eigenvalue weighted by atomic mass is 16.5. The molecule has 0 aromatic rings. The number of methoxy groups -OCH3 is 1. The van der Waals surface area contributed by atoms with Gasteiger partial charge < -0.3 is 9.64 Å². The molecule has 0 aliphatic carbocycles. The van der Waals surface area contributed by atoms with Crippen LogP contribution in [0.2, 0.25) is 0 Å². The van der Waals surface area contributed by atoms with E-state index in [1.54, 1.807) is 25.9 Å². The predicted molar refractivity (Wildman–Crippen MR) is 53.6 cm³/mol. The van der Waals surface area contributed by atoms with E-state index in [9.17, 15) is 9.59 Å². The van der Waals surface area contributed by atoms with Crippen molar-refractivity contribution in [1.82, 2.24) is 4.90 Å². The summed E-state index contributed by atoms with van der Waals surface area (Å²) in [5.74, 6) is -0.915. The van der Waals surface area contributed by atoms with Gasteiger partial charge in [0, 0.05) is 20.5 Å². The molecule has 0 N–H and O–H groups in total. The van der Waals surface area contributed by atoms with Crippen molar-refractivity contribution in [3.8, 4) is 0 Å². The predicted octanol–water partition coefficient (Wildman–Crippen LogP) is 0.830. The van der Waals surface area contributed by atoms with Gasteiger partial charge in [0.15, 0.2) is 5.78 Å². The smallest absolute Gasteiger partial charge is 0.308 e. The van der Waals surface area contributed by atoms with Crippen molar-refractivity contribution < 1.29 is 14.3 Å². The zero-order chi connectivity index (χ0) is 11.3. The Morgan fingerprint density at radius 2 is 1.93 bits per heavy atom. The Morgan fingerprint density at radius 1 is 1.43 bits per heavy atom. The largest absolute Gasteiger partial charge is 0.469 e. The van der Waals surface area contributed by atoms with Crippen LogP contribution < -0.4 is 0 Å². The van der Waals surface area contributed by atoms with E-state index in [0.29, 0.717) is 5.70 Å². The quantitative estimate of drug-likeness (QED) is 0.486. The number of likely N-dealkylation sites (N-methyl/N-ethyl adjacent to an activating group) is 1. The van der Waals surface area contributed by atoms with Crippen molar-refractivity contribution in [2.24, 2.45) is 5.92 Å². The fraction of sp³-hybridized carbons (Fsp3) is 0.600. The average molecular weight is 199 g/mol. The number of allylic oxidation sites excluding steroid dienone is 1. The molecule has 0 amide bonds. The molecular formula is C10H17NO3. The zero-order valence-electron chi connectivity index (χ0n) is 9.16. The molecule has 1 atom stereocenters. The molecule has 0 aliphatic rings. The SMILES string of the molecule is C=C(C(=O)C[C@H](C)C(=O)OC)N(C)C. The molecule has 0 bridgehead atoms. The van der Waals surface area contributed by atoms with Crippen molar-refractivity contribution in [2.45, 2.75) is 13.3 Å². The summed E-state index contributed by atoms with van der Waals surface area (Å²) in [6.45, 7) is 5.28. The van der Waals surface area contributed by atoms with Crippen LogP contribution in [-0.2, 0) is 14.3 Å². The summed E-state index contributed by atoms with van der Waals surface area (Å²) in [5, 5.41) is 0. The molecule has 0 fully saturated rings. The number of carbonyl (C=O) groups excluding carboxylic acids is 2. The van der Waals surface area contributed by atoms with E-state index < -0.39 is 5.92 Å². The summed E-state index contributed by atoms with van der Waals surface area (Å²) >= 11 is 0. The Labute approximate surface area is 84.5 Å². The molecule has 0 saturated carbocycles. The van der Waals surface area contributed by atoms with Crippen LogP contribution in [0, 0.1) is 5.92 Å². The molecule has 80 valence electrons. The van der Waals surface area contributed by atoms with Crippen LogP contribution >= 0.6 is 0 Å². The Kier molecular flexibility index (Phi) is 4.91. The topological polar surface area (TPSA) is 46.6 Å². The van der Waals surface area contributed by atoms with Crippen molar-refractivity contribution in [3.63, 3.8) is 0 Å². The van der Waals surface area contributed by atoms with E-state index in [-0.39, 0.29) is 18.2 Å². The van der Waals surface area contributed by atoms with Gasteiger partial charge in [-0.05, 0) is 0 Å². The summed E-state index contributed by atoms with van der Waals surface area (Å²) in [6.07, 6.45) is 0.143. The monoisotopic (exact) mass is 199 g/mol. The van der Waals surface area contributed by atoms with Crippen molar-refractivity contribution in [1.29, 1.82) is 0 Å². The molecule has 0 heterocycles. The van der Waals surface area contributed by atoms with E-state index in [1.807, 2.05) is 0 Å². The third kappa shape index (κ3) is 3.60. The lowest BCUT2D eigenvalue weighted by molar-refractivity contribution is -0.146. The van der Waals surface area contributed by atoms with Gasteiger partial charge in [-0.15, -0.1) is 0 Å². The second-order valence-electron chi connectivity index (χ2n) is 3.39.